The molecule has 30 heavy (non-hydrogen) atoms. The molecule has 2 aromatic rings. The maximum absolute atomic E-state index is 12.8. The van der Waals surface area contributed by atoms with Crippen molar-refractivity contribution in [3.63, 3.8) is 0 Å². The molecule has 0 atom stereocenters. The maximum atomic E-state index is 12.8. The van der Waals surface area contributed by atoms with E-state index in [-0.39, 0.29) is 39.8 Å². The van der Waals surface area contributed by atoms with Gasteiger partial charge in [-0.2, -0.15) is 0 Å². The summed E-state index contributed by atoms with van der Waals surface area (Å²) < 4.78 is 30.6. The van der Waals surface area contributed by atoms with Crippen molar-refractivity contribution in [2.75, 3.05) is 12.4 Å². The molecule has 0 heterocycles. The second-order valence-corrected chi connectivity index (χ2v) is 8.61. The lowest BCUT2D eigenvalue weighted by Crippen LogP contribution is -2.13. The first-order chi connectivity index (χ1) is 14.2. The van der Waals surface area contributed by atoms with Gasteiger partial charge < -0.3 is 9.84 Å². The van der Waals surface area contributed by atoms with Crippen molar-refractivity contribution >= 4 is 27.6 Å². The highest BCUT2D eigenvalue weighted by Gasteiger charge is 2.24. The number of nitrogens with zero attached hydrogens (tertiary/aromatic N) is 1. The van der Waals surface area contributed by atoms with E-state index in [1.807, 2.05) is 6.92 Å². The van der Waals surface area contributed by atoms with Gasteiger partial charge in [-0.15, -0.1) is 0 Å². The Bertz CT molecular complexity index is 1060. The molecule has 1 N–H and O–H groups in total. The summed E-state index contributed by atoms with van der Waals surface area (Å²) in [5.74, 6) is -1.45. The number of carbonyl (C=O) groups excluding carboxylic acids is 1. The van der Waals surface area contributed by atoms with Gasteiger partial charge in [-0.05, 0) is 48.7 Å². The Labute approximate surface area is 174 Å². The lowest BCUT2D eigenvalue weighted by Gasteiger charge is -2.12. The molecule has 0 fully saturated rings. The van der Waals surface area contributed by atoms with E-state index in [4.69, 9.17) is 4.74 Å². The number of benzene rings is 2. The summed E-state index contributed by atoms with van der Waals surface area (Å²) in [6.07, 6.45) is 4.45. The van der Waals surface area contributed by atoms with Crippen molar-refractivity contribution in [2.24, 2.45) is 0 Å². The van der Waals surface area contributed by atoms with Crippen LogP contribution < -0.4 is 0 Å². The Kier molecular flexibility index (Phi) is 7.71. The number of sulfone groups is 1. The summed E-state index contributed by atoms with van der Waals surface area (Å²) in [6, 6.07) is 8.09. The smallest absolute Gasteiger partial charge is 0.342 e. The first-order valence-electron chi connectivity index (χ1n) is 9.30. The number of ether oxygens (including phenoxy) is 1. The average Bonchev–Trinajstić information content (AvgIpc) is 2.68. The average molecular weight is 433 g/mol. The van der Waals surface area contributed by atoms with E-state index < -0.39 is 20.7 Å². The Balaban J connectivity index is 2.21. The molecule has 2 aromatic carbocycles. The summed E-state index contributed by atoms with van der Waals surface area (Å²) in [4.78, 5) is 22.4. The van der Waals surface area contributed by atoms with E-state index in [0.29, 0.717) is 12.0 Å². The number of unbranched alkanes of at least 4 members (excludes halogenated alkanes) is 1. The standard InChI is InChI=1S/C21H23NO7S/c1-3-4-13-29-21(24)20-15(2)19(12-11-18(20)23)30(27,28)14-5-6-16-7-9-17(10-8-16)22(25)26/h5-12,23H,3-4,13-14H2,1-2H3. The molecular weight excluding hydrogens is 410 g/mol. The third-order valence-corrected chi connectivity index (χ3v) is 6.14. The van der Waals surface area contributed by atoms with Gasteiger partial charge in [0, 0.05) is 12.1 Å². The maximum Gasteiger partial charge on any atom is 0.342 e. The number of nitro benzene ring substituents is 1. The fraction of sp³-hybridized carbons (Fsp3) is 0.286. The van der Waals surface area contributed by atoms with Gasteiger partial charge in [0.15, 0.2) is 9.84 Å². The fourth-order valence-corrected chi connectivity index (χ4v) is 4.14. The van der Waals surface area contributed by atoms with Crippen LogP contribution in [0.1, 0.15) is 41.3 Å². The highest BCUT2D eigenvalue weighted by Crippen LogP contribution is 2.28. The van der Waals surface area contributed by atoms with Crippen LogP contribution in [-0.4, -0.2) is 36.8 Å². The van der Waals surface area contributed by atoms with Crippen molar-refractivity contribution in [2.45, 2.75) is 31.6 Å². The number of nitro groups is 1. The minimum absolute atomic E-state index is 0.0576. The van der Waals surface area contributed by atoms with E-state index in [2.05, 4.69) is 0 Å². The zero-order valence-electron chi connectivity index (χ0n) is 16.7. The van der Waals surface area contributed by atoms with Crippen LogP contribution in [0.5, 0.6) is 5.75 Å². The van der Waals surface area contributed by atoms with Crippen LogP contribution in [0.4, 0.5) is 5.69 Å². The first-order valence-corrected chi connectivity index (χ1v) is 11.0. The molecule has 0 saturated heterocycles. The number of carbonyl (C=O) groups is 1. The van der Waals surface area contributed by atoms with Gasteiger partial charge in [-0.3, -0.25) is 10.1 Å². The second-order valence-electron chi connectivity index (χ2n) is 6.60. The summed E-state index contributed by atoms with van der Waals surface area (Å²) in [7, 11) is -3.79. The largest absolute Gasteiger partial charge is 0.507 e. The van der Waals surface area contributed by atoms with E-state index in [1.165, 1.54) is 49.4 Å². The second kappa shape index (κ2) is 10.0. The topological polar surface area (TPSA) is 124 Å². The van der Waals surface area contributed by atoms with Crippen molar-refractivity contribution in [1.29, 1.82) is 0 Å². The number of phenols is 1. The van der Waals surface area contributed by atoms with E-state index in [0.717, 1.165) is 12.5 Å². The van der Waals surface area contributed by atoms with Crippen LogP contribution in [0, 0.1) is 17.0 Å². The number of non-ortho nitro benzene ring substituents is 1. The molecule has 0 spiro atoms. The summed E-state index contributed by atoms with van der Waals surface area (Å²) in [6.45, 7) is 3.57. The summed E-state index contributed by atoms with van der Waals surface area (Å²) >= 11 is 0. The molecule has 0 aliphatic carbocycles. The highest BCUT2D eigenvalue weighted by molar-refractivity contribution is 7.91. The van der Waals surface area contributed by atoms with Crippen LogP contribution in [0.15, 0.2) is 47.4 Å². The van der Waals surface area contributed by atoms with Gasteiger partial charge in [0.2, 0.25) is 0 Å². The molecule has 0 bridgehead atoms. The van der Waals surface area contributed by atoms with E-state index >= 15 is 0 Å². The van der Waals surface area contributed by atoms with Gasteiger partial charge in [-0.1, -0.05) is 25.5 Å². The first kappa shape index (κ1) is 23.1. The van der Waals surface area contributed by atoms with Crippen LogP contribution in [0.25, 0.3) is 6.08 Å². The van der Waals surface area contributed by atoms with Crippen LogP contribution in [-0.2, 0) is 14.6 Å². The number of phenolic OH excluding ortho intramolecular Hbond substituents is 1. The summed E-state index contributed by atoms with van der Waals surface area (Å²) in [5, 5.41) is 20.7. The zero-order chi connectivity index (χ0) is 22.3. The van der Waals surface area contributed by atoms with Crippen molar-refractivity contribution in [3.8, 4) is 5.75 Å². The summed E-state index contributed by atoms with van der Waals surface area (Å²) in [5.41, 5.74) is 0.517. The molecule has 8 nitrogen and oxygen atoms in total. The lowest BCUT2D eigenvalue weighted by atomic mass is 10.1. The molecule has 0 aromatic heterocycles. The number of aromatic hydroxyl groups is 1. The molecule has 0 unspecified atom stereocenters. The van der Waals surface area contributed by atoms with Crippen molar-refractivity contribution < 1.29 is 28.0 Å². The molecule has 0 radical (unpaired) electrons. The third-order valence-electron chi connectivity index (χ3n) is 4.39. The van der Waals surface area contributed by atoms with Crippen molar-refractivity contribution in [3.05, 3.63) is 69.3 Å². The number of rotatable bonds is 9. The van der Waals surface area contributed by atoms with Gasteiger partial charge in [-0.25, -0.2) is 13.2 Å². The molecule has 0 amide bonds. The SMILES string of the molecule is CCCCOC(=O)c1c(O)ccc(S(=O)(=O)CC=Cc2ccc([N+](=O)[O-])cc2)c1C. The van der Waals surface area contributed by atoms with Gasteiger partial charge in [0.25, 0.3) is 5.69 Å². The number of esters is 1. The van der Waals surface area contributed by atoms with E-state index in [1.54, 1.807) is 0 Å². The lowest BCUT2D eigenvalue weighted by molar-refractivity contribution is -0.384. The Morgan fingerprint density at radius 1 is 1.20 bits per heavy atom. The monoisotopic (exact) mass is 433 g/mol. The quantitative estimate of drug-likeness (QED) is 0.274. The predicted octanol–water partition coefficient (Wildman–Crippen LogP) is 4.05. The molecule has 160 valence electrons. The number of hydrogen-bond acceptors (Lipinski definition) is 7. The Hall–Kier alpha value is -3.20. The molecule has 0 aliphatic heterocycles. The molecule has 0 saturated carbocycles. The normalized spacial score (nSPS) is 11.5. The zero-order valence-corrected chi connectivity index (χ0v) is 17.5. The fourth-order valence-electron chi connectivity index (χ4n) is 2.76. The molecule has 2 rings (SSSR count). The van der Waals surface area contributed by atoms with Crippen molar-refractivity contribution in [1.82, 2.24) is 0 Å². The minimum atomic E-state index is -3.79. The third kappa shape index (κ3) is 5.66. The Morgan fingerprint density at radius 2 is 1.87 bits per heavy atom. The van der Waals surface area contributed by atoms with Crippen LogP contribution >= 0.6 is 0 Å². The van der Waals surface area contributed by atoms with Gasteiger partial charge in [0.1, 0.15) is 11.3 Å². The molecule has 0 aliphatic rings. The van der Waals surface area contributed by atoms with Gasteiger partial charge >= 0.3 is 5.97 Å². The number of hydrogen-bond donors (Lipinski definition) is 1. The Morgan fingerprint density at radius 3 is 2.47 bits per heavy atom. The highest BCUT2D eigenvalue weighted by atomic mass is 32.2. The minimum Gasteiger partial charge on any atom is -0.507 e. The molecular formula is C21H23NO7S. The predicted molar refractivity (Wildman–Crippen MR) is 112 cm³/mol. The van der Waals surface area contributed by atoms with Gasteiger partial charge in [0.05, 0.1) is 22.2 Å². The van der Waals surface area contributed by atoms with Crippen LogP contribution in [0.3, 0.4) is 0 Å². The molecule has 9 heteroatoms. The van der Waals surface area contributed by atoms with Crippen LogP contribution in [0.2, 0.25) is 0 Å². The van der Waals surface area contributed by atoms with E-state index in [9.17, 15) is 28.4 Å².